The van der Waals surface area contributed by atoms with Crippen LogP contribution in [0.25, 0.3) is 0 Å². The highest BCUT2D eigenvalue weighted by molar-refractivity contribution is 5.47. The fourth-order valence-corrected chi connectivity index (χ4v) is 2.39. The maximum absolute atomic E-state index is 5.26. The Morgan fingerprint density at radius 2 is 1.63 bits per heavy atom. The van der Waals surface area contributed by atoms with Gasteiger partial charge in [0, 0.05) is 31.9 Å². The van der Waals surface area contributed by atoms with Crippen LogP contribution in [0.2, 0.25) is 0 Å². The van der Waals surface area contributed by atoms with Gasteiger partial charge in [-0.2, -0.15) is 5.06 Å². The molecule has 108 valence electrons. The monoisotopic (exact) mass is 264 g/mol. The first-order valence-electron chi connectivity index (χ1n) is 7.29. The maximum Gasteiger partial charge on any atom is 0.0575 e. The molecule has 1 heterocycles. The van der Waals surface area contributed by atoms with Gasteiger partial charge in [0.2, 0.25) is 0 Å². The van der Waals surface area contributed by atoms with E-state index in [0.29, 0.717) is 6.04 Å². The van der Waals surface area contributed by atoms with Gasteiger partial charge < -0.3 is 9.74 Å². The highest BCUT2D eigenvalue weighted by Gasteiger charge is 2.22. The smallest absolute Gasteiger partial charge is 0.0575 e. The summed E-state index contributed by atoms with van der Waals surface area (Å²) in [7, 11) is 3.76. The van der Waals surface area contributed by atoms with Crippen molar-refractivity contribution in [1.29, 1.82) is 0 Å². The summed E-state index contributed by atoms with van der Waals surface area (Å²) in [6.07, 6.45) is 2.33. The number of anilines is 1. The number of hydrogen-bond acceptors (Lipinski definition) is 3. The molecule has 1 aromatic carbocycles. The SMILES string of the molecule is CC.CON(C)C1CCN(c2ccc(C)cc2)CC1. The summed E-state index contributed by atoms with van der Waals surface area (Å²) in [6, 6.07) is 9.36. The predicted octanol–water partition coefficient (Wildman–Crippen LogP) is 3.48. The maximum atomic E-state index is 5.26. The van der Waals surface area contributed by atoms with Crippen molar-refractivity contribution in [3.8, 4) is 0 Å². The zero-order valence-electron chi connectivity index (χ0n) is 13.0. The molecule has 1 aromatic rings. The molecule has 0 aliphatic carbocycles. The van der Waals surface area contributed by atoms with E-state index in [2.05, 4.69) is 36.1 Å². The summed E-state index contributed by atoms with van der Waals surface area (Å²) in [4.78, 5) is 7.72. The average molecular weight is 264 g/mol. The van der Waals surface area contributed by atoms with E-state index in [9.17, 15) is 0 Å². The van der Waals surface area contributed by atoms with Crippen LogP contribution in [0.1, 0.15) is 32.3 Å². The standard InChI is InChI=1S/C14H22N2O.C2H6/c1-12-4-6-14(7-5-12)16-10-8-13(9-11-16)15(2)17-3;1-2/h4-7,13H,8-11H2,1-3H3;1-2H3. The van der Waals surface area contributed by atoms with Crippen LogP contribution in [-0.4, -0.2) is 38.4 Å². The highest BCUT2D eigenvalue weighted by Crippen LogP contribution is 2.22. The number of aryl methyl sites for hydroxylation is 1. The molecule has 0 bridgehead atoms. The van der Waals surface area contributed by atoms with Gasteiger partial charge >= 0.3 is 0 Å². The number of hydrogen-bond donors (Lipinski definition) is 0. The van der Waals surface area contributed by atoms with Crippen LogP contribution in [0.3, 0.4) is 0 Å². The minimum atomic E-state index is 0.557. The van der Waals surface area contributed by atoms with Crippen molar-refractivity contribution >= 4 is 5.69 Å². The molecule has 0 N–H and O–H groups in total. The van der Waals surface area contributed by atoms with Crippen molar-refractivity contribution in [2.75, 3.05) is 32.1 Å². The van der Waals surface area contributed by atoms with E-state index in [1.807, 2.05) is 26.0 Å². The van der Waals surface area contributed by atoms with Gasteiger partial charge in [-0.05, 0) is 31.9 Å². The van der Waals surface area contributed by atoms with E-state index in [0.717, 1.165) is 25.9 Å². The van der Waals surface area contributed by atoms with Crippen molar-refractivity contribution in [2.45, 2.75) is 39.7 Å². The molecule has 1 aliphatic rings. The lowest BCUT2D eigenvalue weighted by atomic mass is 10.0. The molecule has 0 unspecified atom stereocenters. The third-order valence-corrected chi connectivity index (χ3v) is 3.67. The Morgan fingerprint density at radius 3 is 2.11 bits per heavy atom. The van der Waals surface area contributed by atoms with Gasteiger partial charge in [-0.15, -0.1) is 0 Å². The number of rotatable bonds is 3. The second-order valence-electron chi connectivity index (χ2n) is 4.78. The molecule has 2 rings (SSSR count). The van der Waals surface area contributed by atoms with Crippen molar-refractivity contribution < 1.29 is 4.84 Å². The zero-order valence-corrected chi connectivity index (χ0v) is 13.0. The van der Waals surface area contributed by atoms with E-state index < -0.39 is 0 Å². The van der Waals surface area contributed by atoms with Gasteiger partial charge in [0.15, 0.2) is 0 Å². The Balaban J connectivity index is 0.000000861. The topological polar surface area (TPSA) is 15.7 Å². The lowest BCUT2D eigenvalue weighted by Gasteiger charge is -2.36. The number of nitrogens with zero attached hydrogens (tertiary/aromatic N) is 2. The zero-order chi connectivity index (χ0) is 14.3. The minimum absolute atomic E-state index is 0.557. The summed E-state index contributed by atoms with van der Waals surface area (Å²) in [5.74, 6) is 0. The number of benzene rings is 1. The van der Waals surface area contributed by atoms with Crippen LogP contribution in [0.15, 0.2) is 24.3 Å². The van der Waals surface area contributed by atoms with Crippen LogP contribution in [0.5, 0.6) is 0 Å². The van der Waals surface area contributed by atoms with Crippen LogP contribution >= 0.6 is 0 Å². The fraction of sp³-hybridized carbons (Fsp3) is 0.625. The first kappa shape index (κ1) is 16.0. The molecule has 1 saturated heterocycles. The molecule has 0 aromatic heterocycles. The third-order valence-electron chi connectivity index (χ3n) is 3.67. The molecule has 1 fully saturated rings. The van der Waals surface area contributed by atoms with Gasteiger partial charge in [0.25, 0.3) is 0 Å². The van der Waals surface area contributed by atoms with E-state index >= 15 is 0 Å². The van der Waals surface area contributed by atoms with Gasteiger partial charge in [-0.3, -0.25) is 0 Å². The van der Waals surface area contributed by atoms with Crippen LogP contribution in [0.4, 0.5) is 5.69 Å². The van der Waals surface area contributed by atoms with E-state index in [1.165, 1.54) is 11.3 Å². The van der Waals surface area contributed by atoms with Gasteiger partial charge in [-0.1, -0.05) is 31.5 Å². The third kappa shape index (κ3) is 4.51. The van der Waals surface area contributed by atoms with Crippen LogP contribution < -0.4 is 4.90 Å². The highest BCUT2D eigenvalue weighted by atomic mass is 16.7. The van der Waals surface area contributed by atoms with Gasteiger partial charge in [0.05, 0.1) is 7.11 Å². The Labute approximate surface area is 118 Å². The van der Waals surface area contributed by atoms with E-state index in [4.69, 9.17) is 4.84 Å². The van der Waals surface area contributed by atoms with Crippen LogP contribution in [-0.2, 0) is 4.84 Å². The first-order chi connectivity index (χ1) is 9.20. The molecular formula is C16H28N2O. The molecule has 0 radical (unpaired) electrons. The lowest BCUT2D eigenvalue weighted by molar-refractivity contribution is -0.145. The fourth-order valence-electron chi connectivity index (χ4n) is 2.39. The number of hydroxylamine groups is 2. The molecular weight excluding hydrogens is 236 g/mol. The molecule has 0 amide bonds. The summed E-state index contributed by atoms with van der Waals surface area (Å²) >= 11 is 0. The molecule has 19 heavy (non-hydrogen) atoms. The van der Waals surface area contributed by atoms with Crippen molar-refractivity contribution in [3.05, 3.63) is 29.8 Å². The van der Waals surface area contributed by atoms with E-state index in [-0.39, 0.29) is 0 Å². The molecule has 0 spiro atoms. The van der Waals surface area contributed by atoms with Crippen molar-refractivity contribution in [3.63, 3.8) is 0 Å². The quantitative estimate of drug-likeness (QED) is 0.777. The summed E-state index contributed by atoms with van der Waals surface area (Å²) in [5, 5.41) is 1.98. The summed E-state index contributed by atoms with van der Waals surface area (Å²) < 4.78 is 0. The molecule has 0 atom stereocenters. The van der Waals surface area contributed by atoms with Crippen molar-refractivity contribution in [2.24, 2.45) is 0 Å². The number of piperidine rings is 1. The van der Waals surface area contributed by atoms with Crippen LogP contribution in [0, 0.1) is 6.92 Å². The second-order valence-corrected chi connectivity index (χ2v) is 4.78. The predicted molar refractivity (Wildman–Crippen MR) is 82.5 cm³/mol. The van der Waals surface area contributed by atoms with Crippen molar-refractivity contribution in [1.82, 2.24) is 5.06 Å². The summed E-state index contributed by atoms with van der Waals surface area (Å²) in [6.45, 7) is 8.35. The average Bonchev–Trinajstić information content (AvgIpc) is 2.49. The van der Waals surface area contributed by atoms with Gasteiger partial charge in [-0.25, -0.2) is 0 Å². The summed E-state index contributed by atoms with van der Waals surface area (Å²) in [5.41, 5.74) is 2.66. The minimum Gasteiger partial charge on any atom is -0.371 e. The molecule has 0 saturated carbocycles. The first-order valence-corrected chi connectivity index (χ1v) is 7.29. The Bertz CT molecular complexity index is 342. The molecule has 3 heteroatoms. The largest absolute Gasteiger partial charge is 0.371 e. The Kier molecular flexibility index (Phi) is 6.89. The Morgan fingerprint density at radius 1 is 1.11 bits per heavy atom. The molecule has 1 aliphatic heterocycles. The van der Waals surface area contributed by atoms with Gasteiger partial charge in [0.1, 0.15) is 0 Å². The molecule has 3 nitrogen and oxygen atoms in total. The Hall–Kier alpha value is -1.06. The lowest BCUT2D eigenvalue weighted by Crippen LogP contribution is -2.43. The van der Waals surface area contributed by atoms with E-state index in [1.54, 1.807) is 7.11 Å². The normalized spacial score (nSPS) is 16.2. The second kappa shape index (κ2) is 8.18.